The lowest BCUT2D eigenvalue weighted by Gasteiger charge is -2.08. The molecule has 0 atom stereocenters. The molecular formula is C17H14N2O2. The molecular weight excluding hydrogens is 264 g/mol. The van der Waals surface area contributed by atoms with Crippen molar-refractivity contribution in [3.8, 4) is 5.75 Å². The van der Waals surface area contributed by atoms with Crippen LogP contribution in [0.25, 0.3) is 10.8 Å². The van der Waals surface area contributed by atoms with Crippen LogP contribution in [0.1, 0.15) is 0 Å². The van der Waals surface area contributed by atoms with Gasteiger partial charge >= 0.3 is 0 Å². The highest BCUT2D eigenvalue weighted by atomic mass is 16.5. The summed E-state index contributed by atoms with van der Waals surface area (Å²) in [7, 11) is 0. The Labute approximate surface area is 122 Å². The molecule has 3 rings (SSSR count). The molecule has 0 aliphatic carbocycles. The van der Waals surface area contributed by atoms with Gasteiger partial charge in [-0.2, -0.15) is 0 Å². The van der Waals surface area contributed by atoms with Crippen molar-refractivity contribution in [3.05, 3.63) is 67.0 Å². The predicted molar refractivity (Wildman–Crippen MR) is 82.3 cm³/mol. The first kappa shape index (κ1) is 13.1. The number of nitrogens with zero attached hydrogens (tertiary/aromatic N) is 1. The summed E-state index contributed by atoms with van der Waals surface area (Å²) < 4.78 is 5.41. The fourth-order valence-corrected chi connectivity index (χ4v) is 2.02. The van der Waals surface area contributed by atoms with Crippen molar-refractivity contribution < 1.29 is 9.53 Å². The Morgan fingerprint density at radius 1 is 1.05 bits per heavy atom. The van der Waals surface area contributed by atoms with Gasteiger partial charge in [0.1, 0.15) is 5.75 Å². The largest absolute Gasteiger partial charge is 0.484 e. The van der Waals surface area contributed by atoms with Gasteiger partial charge in [0.2, 0.25) is 0 Å². The van der Waals surface area contributed by atoms with Gasteiger partial charge in [-0.1, -0.05) is 24.3 Å². The Kier molecular flexibility index (Phi) is 3.78. The number of aromatic nitrogens is 1. The second-order valence-corrected chi connectivity index (χ2v) is 4.59. The molecule has 0 unspecified atom stereocenters. The zero-order valence-corrected chi connectivity index (χ0v) is 11.3. The number of rotatable bonds is 4. The first-order valence-electron chi connectivity index (χ1n) is 6.63. The molecule has 0 bridgehead atoms. The van der Waals surface area contributed by atoms with Crippen LogP contribution in [0.2, 0.25) is 0 Å². The van der Waals surface area contributed by atoms with E-state index >= 15 is 0 Å². The minimum absolute atomic E-state index is 0.0155. The second kappa shape index (κ2) is 6.05. The van der Waals surface area contributed by atoms with Crippen molar-refractivity contribution in [1.82, 2.24) is 4.98 Å². The molecule has 1 amide bonds. The minimum atomic E-state index is -0.188. The van der Waals surface area contributed by atoms with Gasteiger partial charge in [-0.05, 0) is 35.7 Å². The summed E-state index contributed by atoms with van der Waals surface area (Å²) >= 11 is 0. The molecule has 4 nitrogen and oxygen atoms in total. The van der Waals surface area contributed by atoms with Gasteiger partial charge in [0.15, 0.2) is 6.61 Å². The van der Waals surface area contributed by atoms with Crippen LogP contribution in [0.15, 0.2) is 67.0 Å². The maximum absolute atomic E-state index is 11.9. The Morgan fingerprint density at radius 2 is 1.90 bits per heavy atom. The molecule has 0 radical (unpaired) electrons. The van der Waals surface area contributed by atoms with Gasteiger partial charge in [-0.25, -0.2) is 0 Å². The number of anilines is 1. The zero-order chi connectivity index (χ0) is 14.5. The maximum Gasteiger partial charge on any atom is 0.262 e. The number of amides is 1. The second-order valence-electron chi connectivity index (χ2n) is 4.59. The number of carbonyl (C=O) groups excluding carboxylic acids is 1. The number of pyridine rings is 1. The summed E-state index contributed by atoms with van der Waals surface area (Å²) in [6.45, 7) is -0.0155. The molecule has 0 saturated heterocycles. The third-order valence-electron chi connectivity index (χ3n) is 3.04. The number of fused-ring (bicyclic) bond motifs is 1. The van der Waals surface area contributed by atoms with E-state index in [1.807, 2.05) is 54.6 Å². The topological polar surface area (TPSA) is 51.2 Å². The van der Waals surface area contributed by atoms with E-state index < -0.39 is 0 Å². The number of hydrogen-bond acceptors (Lipinski definition) is 3. The number of nitrogens with one attached hydrogen (secondary N) is 1. The van der Waals surface area contributed by atoms with Crippen LogP contribution in [0.4, 0.5) is 5.69 Å². The van der Waals surface area contributed by atoms with Gasteiger partial charge in [0.05, 0.1) is 0 Å². The van der Waals surface area contributed by atoms with Crippen molar-refractivity contribution in [2.24, 2.45) is 0 Å². The highest BCUT2D eigenvalue weighted by molar-refractivity contribution is 5.94. The summed E-state index contributed by atoms with van der Waals surface area (Å²) in [5, 5.41) is 4.89. The zero-order valence-electron chi connectivity index (χ0n) is 11.3. The maximum atomic E-state index is 11.9. The Bertz CT molecular complexity index is 757. The van der Waals surface area contributed by atoms with Crippen molar-refractivity contribution in [1.29, 1.82) is 0 Å². The number of ether oxygens (including phenoxy) is 1. The van der Waals surface area contributed by atoms with Crippen LogP contribution in [0.5, 0.6) is 5.75 Å². The summed E-state index contributed by atoms with van der Waals surface area (Å²) in [5.74, 6) is 0.490. The van der Waals surface area contributed by atoms with Gasteiger partial charge in [-0.15, -0.1) is 0 Å². The van der Waals surface area contributed by atoms with Crippen LogP contribution in [0, 0.1) is 0 Å². The monoisotopic (exact) mass is 278 g/mol. The van der Waals surface area contributed by atoms with Crippen LogP contribution in [-0.4, -0.2) is 17.5 Å². The van der Waals surface area contributed by atoms with Crippen molar-refractivity contribution in [3.63, 3.8) is 0 Å². The van der Waals surface area contributed by atoms with E-state index in [0.717, 1.165) is 16.5 Å². The SMILES string of the molecule is O=C(COc1ccccc1)Nc1ccc2cnccc2c1. The minimum Gasteiger partial charge on any atom is -0.484 e. The molecule has 0 saturated carbocycles. The highest BCUT2D eigenvalue weighted by Crippen LogP contribution is 2.18. The van der Waals surface area contributed by atoms with Gasteiger partial charge in [0.25, 0.3) is 5.91 Å². The van der Waals surface area contributed by atoms with Crippen LogP contribution < -0.4 is 10.1 Å². The summed E-state index contributed by atoms with van der Waals surface area (Å²) in [6.07, 6.45) is 3.52. The lowest BCUT2D eigenvalue weighted by molar-refractivity contribution is -0.118. The first-order chi connectivity index (χ1) is 10.3. The standard InChI is InChI=1S/C17H14N2O2/c20-17(12-21-16-4-2-1-3-5-16)19-15-7-6-14-11-18-9-8-13(14)10-15/h1-11H,12H2,(H,19,20). The Hall–Kier alpha value is -2.88. The molecule has 0 spiro atoms. The molecule has 1 aromatic heterocycles. The van der Waals surface area contributed by atoms with E-state index in [1.54, 1.807) is 12.4 Å². The Morgan fingerprint density at radius 3 is 2.76 bits per heavy atom. The predicted octanol–water partition coefficient (Wildman–Crippen LogP) is 3.25. The number of carbonyl (C=O) groups is 1. The van der Waals surface area contributed by atoms with Gasteiger partial charge in [-0.3, -0.25) is 9.78 Å². The summed E-state index contributed by atoms with van der Waals surface area (Å²) in [6, 6.07) is 16.9. The lowest BCUT2D eigenvalue weighted by Crippen LogP contribution is -2.20. The fourth-order valence-electron chi connectivity index (χ4n) is 2.02. The Balaban J connectivity index is 1.63. The number of para-hydroxylation sites is 1. The van der Waals surface area contributed by atoms with Crippen LogP contribution >= 0.6 is 0 Å². The summed E-state index contributed by atoms with van der Waals surface area (Å²) in [5.41, 5.74) is 0.746. The third kappa shape index (κ3) is 3.36. The van der Waals surface area contributed by atoms with E-state index in [1.165, 1.54) is 0 Å². The summed E-state index contributed by atoms with van der Waals surface area (Å²) in [4.78, 5) is 15.9. The molecule has 0 fully saturated rings. The number of benzene rings is 2. The molecule has 1 heterocycles. The molecule has 1 N–H and O–H groups in total. The molecule has 0 aliphatic heterocycles. The van der Waals surface area contributed by atoms with E-state index in [2.05, 4.69) is 10.3 Å². The average molecular weight is 278 g/mol. The molecule has 3 aromatic rings. The third-order valence-corrected chi connectivity index (χ3v) is 3.04. The molecule has 104 valence electrons. The van der Waals surface area contributed by atoms with E-state index in [-0.39, 0.29) is 12.5 Å². The molecule has 2 aromatic carbocycles. The smallest absolute Gasteiger partial charge is 0.262 e. The van der Waals surface area contributed by atoms with Gasteiger partial charge < -0.3 is 10.1 Å². The number of hydrogen-bond donors (Lipinski definition) is 1. The van der Waals surface area contributed by atoms with Crippen LogP contribution in [0.3, 0.4) is 0 Å². The van der Waals surface area contributed by atoms with E-state index in [9.17, 15) is 4.79 Å². The molecule has 21 heavy (non-hydrogen) atoms. The van der Waals surface area contributed by atoms with Crippen molar-refractivity contribution in [2.45, 2.75) is 0 Å². The highest BCUT2D eigenvalue weighted by Gasteiger charge is 2.04. The van der Waals surface area contributed by atoms with Crippen molar-refractivity contribution in [2.75, 3.05) is 11.9 Å². The average Bonchev–Trinajstić information content (AvgIpc) is 2.54. The first-order valence-corrected chi connectivity index (χ1v) is 6.63. The lowest BCUT2D eigenvalue weighted by atomic mass is 10.1. The normalized spacial score (nSPS) is 10.3. The van der Waals surface area contributed by atoms with Crippen LogP contribution in [-0.2, 0) is 4.79 Å². The van der Waals surface area contributed by atoms with E-state index in [0.29, 0.717) is 5.75 Å². The molecule has 0 aliphatic rings. The fraction of sp³-hybridized carbons (Fsp3) is 0.0588. The quantitative estimate of drug-likeness (QED) is 0.797. The molecule has 4 heteroatoms. The van der Waals surface area contributed by atoms with Gasteiger partial charge in [0, 0.05) is 23.5 Å². The van der Waals surface area contributed by atoms with Crippen molar-refractivity contribution >= 4 is 22.4 Å². The van der Waals surface area contributed by atoms with E-state index in [4.69, 9.17) is 4.74 Å².